The maximum Gasteiger partial charge on any atom is 0.358 e. The Labute approximate surface area is 148 Å². The molecule has 0 aliphatic rings. The van der Waals surface area contributed by atoms with E-state index in [0.717, 1.165) is 16.1 Å². The summed E-state index contributed by atoms with van der Waals surface area (Å²) in [5.74, 6) is -0.400. The summed E-state index contributed by atoms with van der Waals surface area (Å²) in [6.45, 7) is 1.89. The van der Waals surface area contributed by atoms with Gasteiger partial charge < -0.3 is 14.5 Å². The van der Waals surface area contributed by atoms with Crippen molar-refractivity contribution in [2.45, 2.75) is 13.5 Å². The average Bonchev–Trinajstić information content (AvgIpc) is 3.30. The summed E-state index contributed by atoms with van der Waals surface area (Å²) >= 11 is 1.35. The van der Waals surface area contributed by atoms with Crippen LogP contribution in [0.15, 0.2) is 52.5 Å². The number of rotatable bonds is 6. The number of carbonyl (C=O) groups is 2. The van der Waals surface area contributed by atoms with Crippen LogP contribution in [0.25, 0.3) is 10.6 Å². The summed E-state index contributed by atoms with van der Waals surface area (Å²) in [4.78, 5) is 28.0. The molecule has 0 unspecified atom stereocenters. The lowest BCUT2D eigenvalue weighted by molar-refractivity contribution is -0.124. The second-order valence-corrected chi connectivity index (χ2v) is 6.19. The molecular formula is C18H16N2O4S. The number of nitrogens with one attached hydrogen (secondary N) is 1. The van der Waals surface area contributed by atoms with Gasteiger partial charge >= 0.3 is 5.97 Å². The van der Waals surface area contributed by atoms with E-state index in [-0.39, 0.29) is 18.8 Å². The lowest BCUT2D eigenvalue weighted by Crippen LogP contribution is -2.28. The minimum Gasteiger partial charge on any atom is -0.467 e. The van der Waals surface area contributed by atoms with Crippen molar-refractivity contribution in [2.75, 3.05) is 6.61 Å². The minimum atomic E-state index is -0.622. The monoisotopic (exact) mass is 356 g/mol. The van der Waals surface area contributed by atoms with Crippen molar-refractivity contribution in [2.24, 2.45) is 0 Å². The van der Waals surface area contributed by atoms with Gasteiger partial charge in [-0.3, -0.25) is 4.79 Å². The third-order valence-corrected chi connectivity index (χ3v) is 4.28. The van der Waals surface area contributed by atoms with Crippen molar-refractivity contribution in [3.63, 3.8) is 0 Å². The normalized spacial score (nSPS) is 10.4. The van der Waals surface area contributed by atoms with Gasteiger partial charge in [-0.25, -0.2) is 9.78 Å². The van der Waals surface area contributed by atoms with E-state index < -0.39 is 11.9 Å². The zero-order chi connectivity index (χ0) is 17.6. The number of esters is 1. The zero-order valence-electron chi connectivity index (χ0n) is 13.5. The SMILES string of the molecule is Cc1ccc(-c2nc(C(=O)OCC(=O)NCc3ccco3)cs2)cc1. The van der Waals surface area contributed by atoms with Gasteiger partial charge in [0.15, 0.2) is 12.3 Å². The minimum absolute atomic E-state index is 0.194. The van der Waals surface area contributed by atoms with Crippen LogP contribution in [0, 0.1) is 6.92 Å². The molecule has 0 saturated heterocycles. The first-order chi connectivity index (χ1) is 12.1. The van der Waals surface area contributed by atoms with Gasteiger partial charge in [0.1, 0.15) is 10.8 Å². The van der Waals surface area contributed by atoms with Crippen molar-refractivity contribution in [3.8, 4) is 10.6 Å². The molecule has 0 fully saturated rings. The molecule has 3 rings (SSSR count). The topological polar surface area (TPSA) is 81.4 Å². The average molecular weight is 356 g/mol. The number of hydrogen-bond donors (Lipinski definition) is 1. The van der Waals surface area contributed by atoms with Crippen LogP contribution in [0.3, 0.4) is 0 Å². The van der Waals surface area contributed by atoms with E-state index in [1.807, 2.05) is 31.2 Å². The molecule has 6 nitrogen and oxygen atoms in total. The van der Waals surface area contributed by atoms with Gasteiger partial charge in [0.05, 0.1) is 12.8 Å². The fourth-order valence-corrected chi connectivity index (χ4v) is 2.85. The maximum atomic E-state index is 12.0. The number of nitrogens with zero attached hydrogens (tertiary/aromatic N) is 1. The molecule has 128 valence electrons. The van der Waals surface area contributed by atoms with Crippen LogP contribution in [0.4, 0.5) is 0 Å². The summed E-state index contributed by atoms with van der Waals surface area (Å²) in [6.07, 6.45) is 1.52. The largest absolute Gasteiger partial charge is 0.467 e. The standard InChI is InChI=1S/C18H16N2O4S/c1-12-4-6-13(7-5-12)17-20-15(11-25-17)18(22)24-10-16(21)19-9-14-3-2-8-23-14/h2-8,11H,9-10H2,1H3,(H,19,21). The molecule has 2 heterocycles. The van der Waals surface area contributed by atoms with Crippen LogP contribution >= 0.6 is 11.3 Å². The fraction of sp³-hybridized carbons (Fsp3) is 0.167. The Hall–Kier alpha value is -2.93. The lowest BCUT2D eigenvalue weighted by atomic mass is 10.2. The molecule has 0 spiro atoms. The molecule has 25 heavy (non-hydrogen) atoms. The van der Waals surface area contributed by atoms with E-state index in [4.69, 9.17) is 9.15 Å². The van der Waals surface area contributed by atoms with Crippen molar-refractivity contribution in [3.05, 3.63) is 65.1 Å². The molecule has 0 saturated carbocycles. The fourth-order valence-electron chi connectivity index (χ4n) is 2.05. The van der Waals surface area contributed by atoms with E-state index in [2.05, 4.69) is 10.3 Å². The second kappa shape index (κ2) is 7.76. The molecule has 0 aliphatic heterocycles. The summed E-state index contributed by atoms with van der Waals surface area (Å²) in [7, 11) is 0. The number of furan rings is 1. The van der Waals surface area contributed by atoms with Crippen molar-refractivity contribution >= 4 is 23.2 Å². The number of amides is 1. The Kier molecular flexibility index (Phi) is 5.25. The van der Waals surface area contributed by atoms with E-state index >= 15 is 0 Å². The number of aryl methyl sites for hydroxylation is 1. The lowest BCUT2D eigenvalue weighted by Gasteiger charge is -2.04. The Morgan fingerprint density at radius 1 is 1.24 bits per heavy atom. The highest BCUT2D eigenvalue weighted by Gasteiger charge is 2.15. The van der Waals surface area contributed by atoms with Gasteiger partial charge in [-0.1, -0.05) is 29.8 Å². The molecule has 3 aromatic rings. The summed E-state index contributed by atoms with van der Waals surface area (Å²) < 4.78 is 10.1. The second-order valence-electron chi connectivity index (χ2n) is 5.34. The summed E-state index contributed by atoms with van der Waals surface area (Å²) in [5.41, 5.74) is 2.28. The van der Waals surface area contributed by atoms with Gasteiger partial charge in [0.2, 0.25) is 0 Å². The number of hydrogen-bond acceptors (Lipinski definition) is 6. The van der Waals surface area contributed by atoms with E-state index in [0.29, 0.717) is 5.76 Å². The quantitative estimate of drug-likeness (QED) is 0.686. The maximum absolute atomic E-state index is 12.0. The number of thiazole rings is 1. The number of benzene rings is 1. The zero-order valence-corrected chi connectivity index (χ0v) is 14.3. The summed E-state index contributed by atoms with van der Waals surface area (Å²) in [5, 5.41) is 4.95. The molecule has 1 aromatic carbocycles. The molecule has 1 amide bonds. The first kappa shape index (κ1) is 16.9. The van der Waals surface area contributed by atoms with E-state index in [9.17, 15) is 9.59 Å². The first-order valence-electron chi connectivity index (χ1n) is 7.60. The van der Waals surface area contributed by atoms with Crippen LogP contribution in [0.5, 0.6) is 0 Å². The highest BCUT2D eigenvalue weighted by molar-refractivity contribution is 7.13. The van der Waals surface area contributed by atoms with Crippen LogP contribution < -0.4 is 5.32 Å². The molecule has 0 atom stereocenters. The molecule has 7 heteroatoms. The summed E-state index contributed by atoms with van der Waals surface area (Å²) in [6, 6.07) is 11.3. The third-order valence-electron chi connectivity index (χ3n) is 3.39. The van der Waals surface area contributed by atoms with Gasteiger partial charge in [0, 0.05) is 10.9 Å². The highest BCUT2D eigenvalue weighted by atomic mass is 32.1. The van der Waals surface area contributed by atoms with Crippen LogP contribution in [-0.2, 0) is 16.1 Å². The predicted molar refractivity (Wildman–Crippen MR) is 93.1 cm³/mol. The third kappa shape index (κ3) is 4.54. The Balaban J connectivity index is 1.51. The molecule has 2 aromatic heterocycles. The molecule has 0 bridgehead atoms. The van der Waals surface area contributed by atoms with Crippen LogP contribution in [0.1, 0.15) is 21.8 Å². The van der Waals surface area contributed by atoms with Crippen LogP contribution in [-0.4, -0.2) is 23.5 Å². The van der Waals surface area contributed by atoms with Crippen molar-refractivity contribution < 1.29 is 18.7 Å². The Morgan fingerprint density at radius 3 is 2.76 bits per heavy atom. The van der Waals surface area contributed by atoms with Gasteiger partial charge in [-0.15, -0.1) is 11.3 Å². The van der Waals surface area contributed by atoms with Gasteiger partial charge in [-0.2, -0.15) is 0 Å². The highest BCUT2D eigenvalue weighted by Crippen LogP contribution is 2.24. The van der Waals surface area contributed by atoms with Crippen molar-refractivity contribution in [1.82, 2.24) is 10.3 Å². The number of carbonyl (C=O) groups excluding carboxylic acids is 2. The van der Waals surface area contributed by atoms with Crippen LogP contribution in [0.2, 0.25) is 0 Å². The van der Waals surface area contributed by atoms with Gasteiger partial charge in [0.25, 0.3) is 5.91 Å². The van der Waals surface area contributed by atoms with E-state index in [1.54, 1.807) is 17.5 Å². The first-order valence-corrected chi connectivity index (χ1v) is 8.48. The Bertz CT molecular complexity index is 854. The molecule has 1 N–H and O–H groups in total. The molecule has 0 radical (unpaired) electrons. The predicted octanol–water partition coefficient (Wildman–Crippen LogP) is 3.18. The number of ether oxygens (including phenoxy) is 1. The Morgan fingerprint density at radius 2 is 2.04 bits per heavy atom. The molecular weight excluding hydrogens is 340 g/mol. The molecule has 0 aliphatic carbocycles. The van der Waals surface area contributed by atoms with Gasteiger partial charge in [-0.05, 0) is 19.1 Å². The van der Waals surface area contributed by atoms with Crippen molar-refractivity contribution in [1.29, 1.82) is 0 Å². The van der Waals surface area contributed by atoms with E-state index in [1.165, 1.54) is 17.6 Å². The smallest absolute Gasteiger partial charge is 0.358 e. The number of aromatic nitrogens is 1.